The number of tetrazole rings is 1. The van der Waals surface area contributed by atoms with Crippen molar-refractivity contribution in [3.8, 4) is 0 Å². The molecule has 0 atom stereocenters. The van der Waals surface area contributed by atoms with Gasteiger partial charge in [0.1, 0.15) is 0 Å². The molecule has 0 unspecified atom stereocenters. The Bertz CT molecular complexity index is 168. The zero-order valence-corrected chi connectivity index (χ0v) is 4.57. The average Bonchev–Trinajstić information content (AvgIpc) is 2.14. The highest BCUT2D eigenvalue weighted by atomic mass is 15.6. The second kappa shape index (κ2) is 1.77. The SMILES string of the molecule is CCn1nnnc1N. The lowest BCUT2D eigenvalue weighted by atomic mass is 10.8. The maximum atomic E-state index is 5.28. The van der Waals surface area contributed by atoms with Crippen molar-refractivity contribution in [3.63, 3.8) is 0 Å². The van der Waals surface area contributed by atoms with E-state index in [1.165, 1.54) is 4.68 Å². The van der Waals surface area contributed by atoms with Crippen LogP contribution >= 0.6 is 0 Å². The highest BCUT2D eigenvalue weighted by molar-refractivity contribution is 5.09. The van der Waals surface area contributed by atoms with Gasteiger partial charge in [0.15, 0.2) is 0 Å². The maximum absolute atomic E-state index is 5.28. The molecule has 1 aromatic heterocycles. The molecule has 8 heavy (non-hydrogen) atoms. The van der Waals surface area contributed by atoms with Crippen molar-refractivity contribution in [3.05, 3.63) is 0 Å². The van der Waals surface area contributed by atoms with Crippen LogP contribution in [0.2, 0.25) is 0 Å². The van der Waals surface area contributed by atoms with Gasteiger partial charge in [-0.05, 0) is 17.4 Å². The van der Waals surface area contributed by atoms with Crippen molar-refractivity contribution in [2.75, 3.05) is 5.73 Å². The first-order valence-electron chi connectivity index (χ1n) is 2.36. The number of hydrogen-bond acceptors (Lipinski definition) is 4. The summed E-state index contributed by atoms with van der Waals surface area (Å²) >= 11 is 0. The first-order chi connectivity index (χ1) is 3.84. The van der Waals surface area contributed by atoms with Crippen LogP contribution in [0.15, 0.2) is 0 Å². The largest absolute Gasteiger partial charge is 0.367 e. The molecule has 0 fully saturated rings. The van der Waals surface area contributed by atoms with Crippen molar-refractivity contribution < 1.29 is 0 Å². The molecule has 0 aliphatic carbocycles. The van der Waals surface area contributed by atoms with Crippen molar-refractivity contribution in [1.29, 1.82) is 0 Å². The Labute approximate surface area is 46.5 Å². The van der Waals surface area contributed by atoms with E-state index in [0.717, 1.165) is 6.54 Å². The lowest BCUT2D eigenvalue weighted by Gasteiger charge is -1.89. The van der Waals surface area contributed by atoms with Gasteiger partial charge in [-0.15, -0.1) is 0 Å². The number of hydrogen-bond donors (Lipinski definition) is 1. The number of aromatic nitrogens is 4. The minimum Gasteiger partial charge on any atom is -0.367 e. The molecule has 5 nitrogen and oxygen atoms in total. The predicted molar refractivity (Wildman–Crippen MR) is 27.9 cm³/mol. The lowest BCUT2D eigenvalue weighted by Crippen LogP contribution is -2.02. The molecule has 0 spiro atoms. The Morgan fingerprint density at radius 2 is 2.50 bits per heavy atom. The van der Waals surface area contributed by atoms with Gasteiger partial charge in [0.2, 0.25) is 5.95 Å². The van der Waals surface area contributed by atoms with Crippen LogP contribution in [-0.2, 0) is 6.54 Å². The number of anilines is 1. The molecule has 2 N–H and O–H groups in total. The number of aryl methyl sites for hydroxylation is 1. The number of nitrogen functional groups attached to an aromatic ring is 1. The van der Waals surface area contributed by atoms with Gasteiger partial charge in [-0.2, -0.15) is 0 Å². The molecule has 44 valence electrons. The summed E-state index contributed by atoms with van der Waals surface area (Å²) in [7, 11) is 0. The molecule has 0 aromatic carbocycles. The first kappa shape index (κ1) is 5.02. The highest BCUT2D eigenvalue weighted by Gasteiger charge is 1.93. The van der Waals surface area contributed by atoms with Crippen LogP contribution in [-0.4, -0.2) is 20.2 Å². The van der Waals surface area contributed by atoms with Gasteiger partial charge in [0, 0.05) is 6.54 Å². The number of nitrogens with two attached hydrogens (primary N) is 1. The summed E-state index contributed by atoms with van der Waals surface area (Å²) in [5, 5.41) is 10.4. The second-order valence-electron chi connectivity index (χ2n) is 1.35. The molecule has 0 amide bonds. The summed E-state index contributed by atoms with van der Waals surface area (Å²) in [4.78, 5) is 0. The van der Waals surface area contributed by atoms with Crippen LogP contribution in [0.5, 0.6) is 0 Å². The Kier molecular flexibility index (Phi) is 1.11. The molecule has 1 rings (SSSR count). The van der Waals surface area contributed by atoms with Gasteiger partial charge in [-0.1, -0.05) is 5.10 Å². The molecular weight excluding hydrogens is 106 g/mol. The summed E-state index contributed by atoms with van der Waals surface area (Å²) in [5.74, 6) is 0.368. The van der Waals surface area contributed by atoms with E-state index in [1.807, 2.05) is 6.92 Å². The average molecular weight is 113 g/mol. The number of rotatable bonds is 1. The van der Waals surface area contributed by atoms with Gasteiger partial charge < -0.3 is 5.73 Å². The van der Waals surface area contributed by atoms with E-state index < -0.39 is 0 Å². The zero-order valence-electron chi connectivity index (χ0n) is 4.57. The van der Waals surface area contributed by atoms with E-state index in [2.05, 4.69) is 15.5 Å². The lowest BCUT2D eigenvalue weighted by molar-refractivity contribution is 0.633. The Morgan fingerprint density at radius 3 is 2.75 bits per heavy atom. The molecular formula is C3H7N5. The van der Waals surface area contributed by atoms with Crippen LogP contribution in [0.1, 0.15) is 6.92 Å². The van der Waals surface area contributed by atoms with E-state index in [0.29, 0.717) is 5.95 Å². The summed E-state index contributed by atoms with van der Waals surface area (Å²) in [6, 6.07) is 0. The fraction of sp³-hybridized carbons (Fsp3) is 0.667. The monoisotopic (exact) mass is 113 g/mol. The van der Waals surface area contributed by atoms with Gasteiger partial charge >= 0.3 is 0 Å². The van der Waals surface area contributed by atoms with Crippen LogP contribution in [0.25, 0.3) is 0 Å². The second-order valence-corrected chi connectivity index (χ2v) is 1.35. The third kappa shape index (κ3) is 0.617. The fourth-order valence-corrected chi connectivity index (χ4v) is 0.437. The van der Waals surface area contributed by atoms with Crippen molar-refractivity contribution in [2.45, 2.75) is 13.5 Å². The molecule has 1 heterocycles. The summed E-state index contributed by atoms with van der Waals surface area (Å²) in [6.45, 7) is 2.64. The van der Waals surface area contributed by atoms with Gasteiger partial charge in [0.05, 0.1) is 0 Å². The molecule has 0 aliphatic heterocycles. The quantitative estimate of drug-likeness (QED) is 0.521. The summed E-state index contributed by atoms with van der Waals surface area (Å²) in [6.07, 6.45) is 0. The van der Waals surface area contributed by atoms with Gasteiger partial charge in [-0.25, -0.2) is 4.68 Å². The number of nitrogens with zero attached hydrogens (tertiary/aromatic N) is 4. The Hall–Kier alpha value is -1.13. The fourth-order valence-electron chi connectivity index (χ4n) is 0.437. The van der Waals surface area contributed by atoms with Crippen LogP contribution < -0.4 is 5.73 Å². The van der Waals surface area contributed by atoms with E-state index in [-0.39, 0.29) is 0 Å². The van der Waals surface area contributed by atoms with Gasteiger partial charge in [-0.3, -0.25) is 0 Å². The third-order valence-electron chi connectivity index (χ3n) is 0.859. The van der Waals surface area contributed by atoms with E-state index in [9.17, 15) is 0 Å². The third-order valence-corrected chi connectivity index (χ3v) is 0.859. The smallest absolute Gasteiger partial charge is 0.240 e. The zero-order chi connectivity index (χ0) is 5.98. The van der Waals surface area contributed by atoms with E-state index >= 15 is 0 Å². The topological polar surface area (TPSA) is 69.6 Å². The Balaban J connectivity index is 2.92. The van der Waals surface area contributed by atoms with E-state index in [4.69, 9.17) is 5.73 Å². The first-order valence-corrected chi connectivity index (χ1v) is 2.36. The Morgan fingerprint density at radius 1 is 1.75 bits per heavy atom. The predicted octanol–water partition coefficient (Wildman–Crippen LogP) is -0.725. The van der Waals surface area contributed by atoms with Crippen LogP contribution in [0.4, 0.5) is 5.95 Å². The minimum absolute atomic E-state index is 0.368. The van der Waals surface area contributed by atoms with Crippen LogP contribution in [0.3, 0.4) is 0 Å². The standard InChI is InChI=1S/C3H7N5/c1-2-8-3(4)5-6-7-8/h2H2,1H3,(H2,4,5,7). The normalized spacial score (nSPS) is 9.62. The van der Waals surface area contributed by atoms with Crippen molar-refractivity contribution >= 4 is 5.95 Å². The summed E-state index contributed by atoms with van der Waals surface area (Å²) in [5.41, 5.74) is 5.28. The highest BCUT2D eigenvalue weighted by Crippen LogP contribution is 1.87. The molecule has 0 saturated carbocycles. The molecule has 0 aliphatic rings. The molecule has 0 bridgehead atoms. The molecule has 0 radical (unpaired) electrons. The molecule has 1 aromatic rings. The summed E-state index contributed by atoms with van der Waals surface area (Å²) < 4.78 is 1.51. The maximum Gasteiger partial charge on any atom is 0.240 e. The minimum atomic E-state index is 0.368. The molecule has 0 saturated heterocycles. The van der Waals surface area contributed by atoms with Crippen molar-refractivity contribution in [1.82, 2.24) is 20.2 Å². The van der Waals surface area contributed by atoms with Crippen molar-refractivity contribution in [2.24, 2.45) is 0 Å². The van der Waals surface area contributed by atoms with Crippen LogP contribution in [0, 0.1) is 0 Å². The van der Waals surface area contributed by atoms with E-state index in [1.54, 1.807) is 0 Å². The molecule has 5 heteroatoms. The van der Waals surface area contributed by atoms with Gasteiger partial charge in [0.25, 0.3) is 0 Å².